The zero-order valence-corrected chi connectivity index (χ0v) is 11.6. The van der Waals surface area contributed by atoms with Crippen molar-refractivity contribution in [1.82, 2.24) is 5.32 Å². The van der Waals surface area contributed by atoms with Crippen LogP contribution in [0.3, 0.4) is 0 Å². The molecule has 0 aromatic carbocycles. The Morgan fingerprint density at radius 3 is 2.26 bits per heavy atom. The molecule has 0 spiro atoms. The molecule has 6 heteroatoms. The number of hydrogen-bond donors (Lipinski definition) is 1. The molecular weight excluding hydrogens is 248 g/mol. The van der Waals surface area contributed by atoms with Crippen LogP contribution in [0.25, 0.3) is 0 Å². The van der Waals surface area contributed by atoms with Gasteiger partial charge in [0.15, 0.2) is 5.57 Å². The van der Waals surface area contributed by atoms with Gasteiger partial charge in [0.1, 0.15) is 6.54 Å². The summed E-state index contributed by atoms with van der Waals surface area (Å²) in [7, 11) is 0. The predicted octanol–water partition coefficient (Wildman–Crippen LogP) is 1.24. The van der Waals surface area contributed by atoms with E-state index in [2.05, 4.69) is 5.32 Å². The maximum Gasteiger partial charge on any atom is 0.350 e. The largest absolute Gasteiger partial charge is 0.419 e. The number of nitriles is 1. The van der Waals surface area contributed by atoms with Gasteiger partial charge >= 0.3 is 11.9 Å². The Balaban J connectivity index is 3.09. The zero-order chi connectivity index (χ0) is 14.6. The molecule has 1 rings (SSSR count). The monoisotopic (exact) mass is 266 g/mol. The number of nitrogens with one attached hydrogen (secondary N) is 1. The number of carbonyl (C=O) groups is 2. The van der Waals surface area contributed by atoms with Gasteiger partial charge in [-0.3, -0.25) is 0 Å². The summed E-state index contributed by atoms with van der Waals surface area (Å²) in [4.78, 5) is 23.8. The second-order valence-corrected chi connectivity index (χ2v) is 5.14. The zero-order valence-electron chi connectivity index (χ0n) is 11.6. The minimum atomic E-state index is -1.25. The summed E-state index contributed by atoms with van der Waals surface area (Å²) in [6.45, 7) is 6.88. The van der Waals surface area contributed by atoms with E-state index in [-0.39, 0.29) is 18.0 Å². The molecule has 6 nitrogen and oxygen atoms in total. The average Bonchev–Trinajstić information content (AvgIpc) is 2.21. The van der Waals surface area contributed by atoms with E-state index in [4.69, 9.17) is 14.7 Å². The second-order valence-electron chi connectivity index (χ2n) is 5.14. The predicted molar refractivity (Wildman–Crippen MR) is 66.4 cm³/mol. The molecule has 0 amide bonds. The van der Waals surface area contributed by atoms with Crippen molar-refractivity contribution in [1.29, 1.82) is 5.26 Å². The highest BCUT2D eigenvalue weighted by molar-refractivity contribution is 6.16. The summed E-state index contributed by atoms with van der Waals surface area (Å²) in [5, 5.41) is 11.4. The van der Waals surface area contributed by atoms with Crippen LogP contribution in [0.2, 0.25) is 0 Å². The van der Waals surface area contributed by atoms with E-state index in [1.807, 2.05) is 19.9 Å². The van der Waals surface area contributed by atoms with Gasteiger partial charge in [0.25, 0.3) is 5.79 Å². The van der Waals surface area contributed by atoms with E-state index in [1.165, 1.54) is 13.8 Å². The number of hydrogen-bond acceptors (Lipinski definition) is 6. The van der Waals surface area contributed by atoms with Gasteiger partial charge in [0.2, 0.25) is 0 Å². The Morgan fingerprint density at radius 2 is 1.84 bits per heavy atom. The molecule has 1 saturated heterocycles. The van der Waals surface area contributed by atoms with Crippen molar-refractivity contribution >= 4 is 11.9 Å². The van der Waals surface area contributed by atoms with E-state index in [9.17, 15) is 9.59 Å². The summed E-state index contributed by atoms with van der Waals surface area (Å²) in [6.07, 6.45) is 0.460. The van der Waals surface area contributed by atoms with Gasteiger partial charge in [-0.1, -0.05) is 13.8 Å². The molecule has 1 aliphatic heterocycles. The number of carbonyl (C=O) groups excluding carboxylic acids is 2. The minimum absolute atomic E-state index is 0.00943. The van der Waals surface area contributed by atoms with Crippen molar-refractivity contribution in [2.75, 3.05) is 6.54 Å². The Hall–Kier alpha value is -2.03. The number of nitrogens with zero attached hydrogens (tertiary/aromatic N) is 1. The van der Waals surface area contributed by atoms with Gasteiger partial charge in [0.05, 0.1) is 6.07 Å². The molecule has 1 aliphatic rings. The maximum absolute atomic E-state index is 11.9. The molecule has 0 aliphatic carbocycles. The number of cyclic esters (lactones) is 2. The number of allylic oxidation sites excluding steroid dienone is 1. The van der Waals surface area contributed by atoms with Gasteiger partial charge < -0.3 is 14.8 Å². The summed E-state index contributed by atoms with van der Waals surface area (Å²) < 4.78 is 10.1. The smallest absolute Gasteiger partial charge is 0.350 e. The molecule has 1 heterocycles. The van der Waals surface area contributed by atoms with Crippen LogP contribution in [-0.2, 0) is 19.1 Å². The molecule has 104 valence electrons. The number of ether oxygens (including phenoxy) is 2. The summed E-state index contributed by atoms with van der Waals surface area (Å²) in [6, 6.07) is 1.91. The fourth-order valence-electron chi connectivity index (χ4n) is 1.72. The van der Waals surface area contributed by atoms with Gasteiger partial charge in [-0.05, 0) is 12.3 Å². The molecule has 0 unspecified atom stereocenters. The third-order valence-electron chi connectivity index (χ3n) is 2.38. The van der Waals surface area contributed by atoms with E-state index in [1.54, 1.807) is 0 Å². The lowest BCUT2D eigenvalue weighted by Gasteiger charge is -2.31. The van der Waals surface area contributed by atoms with Crippen LogP contribution >= 0.6 is 0 Å². The Morgan fingerprint density at radius 1 is 1.32 bits per heavy atom. The first kappa shape index (κ1) is 15.0. The van der Waals surface area contributed by atoms with E-state index in [0.29, 0.717) is 12.1 Å². The highest BCUT2D eigenvalue weighted by Crippen LogP contribution is 2.25. The lowest BCUT2D eigenvalue weighted by Crippen LogP contribution is -2.43. The quantitative estimate of drug-likeness (QED) is 0.356. The van der Waals surface area contributed by atoms with Crippen LogP contribution in [0.5, 0.6) is 0 Å². The van der Waals surface area contributed by atoms with E-state index < -0.39 is 17.7 Å². The van der Waals surface area contributed by atoms with Crippen molar-refractivity contribution in [2.45, 2.75) is 39.9 Å². The van der Waals surface area contributed by atoms with Crippen molar-refractivity contribution in [3.05, 3.63) is 11.3 Å². The van der Waals surface area contributed by atoms with Gasteiger partial charge in [-0.2, -0.15) is 5.26 Å². The molecule has 0 bridgehead atoms. The topological polar surface area (TPSA) is 88.4 Å². The molecule has 0 radical (unpaired) electrons. The Labute approximate surface area is 112 Å². The average molecular weight is 266 g/mol. The van der Waals surface area contributed by atoms with Crippen LogP contribution in [0, 0.1) is 17.2 Å². The number of rotatable bonds is 4. The first-order valence-corrected chi connectivity index (χ1v) is 6.07. The summed E-state index contributed by atoms with van der Waals surface area (Å²) in [5.41, 5.74) is 0.241. The first-order valence-electron chi connectivity index (χ1n) is 6.07. The Bertz CT molecular complexity index is 436. The Kier molecular flexibility index (Phi) is 4.54. The molecular formula is C13H18N2O4. The van der Waals surface area contributed by atoms with E-state index in [0.717, 1.165) is 0 Å². The molecule has 0 aromatic rings. The molecule has 1 N–H and O–H groups in total. The lowest BCUT2D eigenvalue weighted by atomic mass is 10.0. The molecule has 0 aromatic heterocycles. The third-order valence-corrected chi connectivity index (χ3v) is 2.38. The van der Waals surface area contributed by atoms with Gasteiger partial charge in [0, 0.05) is 19.5 Å². The van der Waals surface area contributed by atoms with Gasteiger partial charge in [-0.25, -0.2) is 9.59 Å². The standard InChI is InChI=1S/C13H18N2O4/c1-8(2)7-9(15-6-5-14)10-11(16)18-13(3,4)19-12(10)17/h8,15H,6-7H2,1-4H3. The lowest BCUT2D eigenvalue weighted by molar-refractivity contribution is -0.222. The van der Waals surface area contributed by atoms with Crippen LogP contribution in [0.4, 0.5) is 0 Å². The van der Waals surface area contributed by atoms with Gasteiger partial charge in [-0.15, -0.1) is 0 Å². The van der Waals surface area contributed by atoms with Crippen molar-refractivity contribution in [3.63, 3.8) is 0 Å². The molecule has 1 fully saturated rings. The number of esters is 2. The summed E-state index contributed by atoms with van der Waals surface area (Å²) >= 11 is 0. The summed E-state index contributed by atoms with van der Waals surface area (Å²) in [5.74, 6) is -2.48. The van der Waals surface area contributed by atoms with Crippen molar-refractivity contribution in [2.24, 2.45) is 5.92 Å². The van der Waals surface area contributed by atoms with E-state index >= 15 is 0 Å². The van der Waals surface area contributed by atoms with Crippen LogP contribution in [0.15, 0.2) is 11.3 Å². The molecule has 19 heavy (non-hydrogen) atoms. The third kappa shape index (κ3) is 3.98. The van der Waals surface area contributed by atoms with Crippen LogP contribution in [0.1, 0.15) is 34.1 Å². The first-order chi connectivity index (χ1) is 8.76. The van der Waals surface area contributed by atoms with Crippen molar-refractivity contribution in [3.8, 4) is 6.07 Å². The molecule has 0 saturated carbocycles. The van der Waals surface area contributed by atoms with Crippen molar-refractivity contribution < 1.29 is 19.1 Å². The molecule has 0 atom stereocenters. The fourth-order valence-corrected chi connectivity index (χ4v) is 1.72. The van der Waals surface area contributed by atoms with Crippen LogP contribution in [-0.4, -0.2) is 24.3 Å². The SMILES string of the molecule is CC(C)CC(NCC#N)=C1C(=O)OC(C)(C)OC1=O. The maximum atomic E-state index is 11.9. The normalized spacial score (nSPS) is 17.6. The highest BCUT2D eigenvalue weighted by Gasteiger charge is 2.40. The fraction of sp³-hybridized carbons (Fsp3) is 0.615. The van der Waals surface area contributed by atoms with Crippen LogP contribution < -0.4 is 5.32 Å². The minimum Gasteiger partial charge on any atom is -0.419 e. The second kappa shape index (κ2) is 5.74. The highest BCUT2D eigenvalue weighted by atomic mass is 16.7.